The van der Waals surface area contributed by atoms with E-state index in [9.17, 15) is 0 Å². The zero-order valence-corrected chi connectivity index (χ0v) is 16.6. The maximum atomic E-state index is 6.24. The summed E-state index contributed by atoms with van der Waals surface area (Å²) in [5, 5.41) is 0. The summed E-state index contributed by atoms with van der Waals surface area (Å²) in [4.78, 5) is 0. The number of halogens is 1. The minimum absolute atomic E-state index is 0.0552. The Labute approximate surface area is 149 Å². The summed E-state index contributed by atoms with van der Waals surface area (Å²) in [5.74, 6) is 0.987. The second-order valence-corrected chi connectivity index (χ2v) is 8.95. The molecule has 0 spiro atoms. The van der Waals surface area contributed by atoms with Crippen LogP contribution in [0.5, 0.6) is 5.75 Å². The summed E-state index contributed by atoms with van der Waals surface area (Å²) in [7, 11) is 0. The fourth-order valence-corrected chi connectivity index (χ4v) is 2.90. The lowest BCUT2D eigenvalue weighted by Crippen LogP contribution is -2.16. The van der Waals surface area contributed by atoms with E-state index in [-0.39, 0.29) is 10.8 Å². The number of rotatable bonds is 3. The third-order valence-corrected chi connectivity index (χ3v) is 4.77. The first-order valence-corrected chi connectivity index (χ1v) is 8.89. The van der Waals surface area contributed by atoms with E-state index in [0.29, 0.717) is 6.61 Å². The van der Waals surface area contributed by atoms with Gasteiger partial charge in [0, 0.05) is 10.0 Å². The zero-order chi connectivity index (χ0) is 17.3. The molecule has 0 unspecified atom stereocenters. The molecule has 0 heterocycles. The molecule has 0 aromatic heterocycles. The Morgan fingerprint density at radius 3 is 2.09 bits per heavy atom. The Hall–Kier alpha value is -1.28. The number of benzene rings is 2. The van der Waals surface area contributed by atoms with Crippen LogP contribution < -0.4 is 4.74 Å². The van der Waals surface area contributed by atoms with Crippen molar-refractivity contribution in [2.24, 2.45) is 0 Å². The van der Waals surface area contributed by atoms with Gasteiger partial charge in [-0.2, -0.15) is 0 Å². The van der Waals surface area contributed by atoms with Crippen molar-refractivity contribution in [2.75, 3.05) is 0 Å². The van der Waals surface area contributed by atoms with Crippen LogP contribution >= 0.6 is 15.9 Å². The molecule has 0 N–H and O–H groups in total. The van der Waals surface area contributed by atoms with Crippen LogP contribution in [-0.2, 0) is 17.4 Å². The van der Waals surface area contributed by atoms with Crippen LogP contribution in [0.4, 0.5) is 0 Å². The van der Waals surface area contributed by atoms with E-state index in [0.717, 1.165) is 15.8 Å². The average Bonchev–Trinajstić information content (AvgIpc) is 2.44. The minimum Gasteiger partial charge on any atom is -0.489 e. The van der Waals surface area contributed by atoms with Gasteiger partial charge in [-0.1, -0.05) is 87.8 Å². The molecule has 0 aliphatic rings. The lowest BCUT2D eigenvalue weighted by atomic mass is 9.81. The first-order chi connectivity index (χ1) is 10.6. The summed E-state index contributed by atoms with van der Waals surface area (Å²) in [5.41, 5.74) is 3.88. The normalized spacial score (nSPS) is 12.3. The first kappa shape index (κ1) is 18.1. The summed E-state index contributed by atoms with van der Waals surface area (Å²) in [6, 6.07) is 14.9. The van der Waals surface area contributed by atoms with Gasteiger partial charge >= 0.3 is 0 Å². The van der Waals surface area contributed by atoms with Crippen LogP contribution in [0.2, 0.25) is 0 Å². The van der Waals surface area contributed by atoms with Crippen LogP contribution in [-0.4, -0.2) is 0 Å². The van der Waals surface area contributed by atoms with E-state index in [1.54, 1.807) is 0 Å². The van der Waals surface area contributed by atoms with Gasteiger partial charge in [0.25, 0.3) is 0 Å². The van der Waals surface area contributed by atoms with Gasteiger partial charge in [-0.05, 0) is 34.1 Å². The highest BCUT2D eigenvalue weighted by molar-refractivity contribution is 9.10. The molecule has 0 saturated heterocycles. The lowest BCUT2D eigenvalue weighted by molar-refractivity contribution is 0.296. The molecule has 1 nitrogen and oxygen atoms in total. The highest BCUT2D eigenvalue weighted by Crippen LogP contribution is 2.36. The van der Waals surface area contributed by atoms with E-state index < -0.39 is 0 Å². The Kier molecular flexibility index (Phi) is 5.25. The second-order valence-electron chi connectivity index (χ2n) is 8.09. The predicted molar refractivity (Wildman–Crippen MR) is 102 cm³/mol. The van der Waals surface area contributed by atoms with Gasteiger partial charge in [0.1, 0.15) is 12.4 Å². The molecular formula is C21H27BrO. The highest BCUT2D eigenvalue weighted by atomic mass is 79.9. The fraction of sp³-hybridized carbons (Fsp3) is 0.429. The lowest BCUT2D eigenvalue weighted by Gasteiger charge is -2.26. The van der Waals surface area contributed by atoms with Crippen LogP contribution in [0.3, 0.4) is 0 Å². The van der Waals surface area contributed by atoms with Gasteiger partial charge in [-0.3, -0.25) is 0 Å². The van der Waals surface area contributed by atoms with E-state index in [2.05, 4.69) is 87.8 Å². The quantitative estimate of drug-likeness (QED) is 0.586. The van der Waals surface area contributed by atoms with Crippen LogP contribution in [0.1, 0.15) is 58.2 Å². The van der Waals surface area contributed by atoms with Crippen molar-refractivity contribution in [1.29, 1.82) is 0 Å². The third-order valence-electron chi connectivity index (χ3n) is 4.00. The monoisotopic (exact) mass is 374 g/mol. The summed E-state index contributed by atoms with van der Waals surface area (Å²) in [6.07, 6.45) is 0. The average molecular weight is 375 g/mol. The van der Waals surface area contributed by atoms with Crippen molar-refractivity contribution in [3.63, 3.8) is 0 Å². The van der Waals surface area contributed by atoms with Crippen molar-refractivity contribution >= 4 is 15.9 Å². The van der Waals surface area contributed by atoms with Gasteiger partial charge < -0.3 is 4.74 Å². The summed E-state index contributed by atoms with van der Waals surface area (Å²) >= 11 is 3.59. The molecule has 2 aromatic carbocycles. The van der Waals surface area contributed by atoms with E-state index in [1.807, 2.05) is 12.1 Å². The molecule has 0 atom stereocenters. The van der Waals surface area contributed by atoms with Crippen molar-refractivity contribution in [3.05, 3.63) is 63.6 Å². The molecule has 2 heteroatoms. The Morgan fingerprint density at radius 1 is 0.870 bits per heavy atom. The largest absolute Gasteiger partial charge is 0.489 e. The summed E-state index contributed by atoms with van der Waals surface area (Å²) in [6.45, 7) is 13.9. The van der Waals surface area contributed by atoms with Gasteiger partial charge in [0.05, 0.1) is 0 Å². The fourth-order valence-electron chi connectivity index (χ4n) is 2.50. The standard InChI is InChI=1S/C21H27BrO/c1-20(2,3)16-11-12-17(21(4,5)6)19(13-16)23-14-15-9-7-8-10-18(15)22/h7-13H,14H2,1-6H3. The van der Waals surface area contributed by atoms with Crippen molar-refractivity contribution in [2.45, 2.75) is 59.0 Å². The summed E-state index contributed by atoms with van der Waals surface area (Å²) < 4.78 is 7.32. The molecule has 2 aromatic rings. The zero-order valence-electron chi connectivity index (χ0n) is 15.0. The van der Waals surface area contributed by atoms with Gasteiger partial charge in [-0.25, -0.2) is 0 Å². The number of hydrogen-bond donors (Lipinski definition) is 0. The van der Waals surface area contributed by atoms with E-state index in [1.165, 1.54) is 11.1 Å². The maximum Gasteiger partial charge on any atom is 0.123 e. The molecule has 0 aliphatic heterocycles. The van der Waals surface area contributed by atoms with Gasteiger partial charge in [0.15, 0.2) is 0 Å². The number of ether oxygens (including phenoxy) is 1. The third kappa shape index (κ3) is 4.60. The smallest absolute Gasteiger partial charge is 0.123 e. The molecule has 124 valence electrons. The molecule has 2 rings (SSSR count). The molecule has 23 heavy (non-hydrogen) atoms. The van der Waals surface area contributed by atoms with Gasteiger partial charge in [-0.15, -0.1) is 0 Å². The molecule has 0 aliphatic carbocycles. The SMILES string of the molecule is CC(C)(C)c1ccc(C(C)(C)C)c(OCc2ccccc2Br)c1. The first-order valence-electron chi connectivity index (χ1n) is 8.10. The van der Waals surface area contributed by atoms with E-state index >= 15 is 0 Å². The van der Waals surface area contributed by atoms with Crippen molar-refractivity contribution in [3.8, 4) is 5.75 Å². The molecule has 0 bridgehead atoms. The van der Waals surface area contributed by atoms with Gasteiger partial charge in [0.2, 0.25) is 0 Å². The van der Waals surface area contributed by atoms with Crippen molar-refractivity contribution in [1.82, 2.24) is 0 Å². The Bertz CT molecular complexity index is 675. The highest BCUT2D eigenvalue weighted by Gasteiger charge is 2.22. The van der Waals surface area contributed by atoms with E-state index in [4.69, 9.17) is 4.74 Å². The predicted octanol–water partition coefficient (Wildman–Crippen LogP) is 6.62. The Morgan fingerprint density at radius 2 is 1.52 bits per heavy atom. The molecule has 0 amide bonds. The molecule has 0 saturated carbocycles. The Balaban J connectivity index is 2.36. The minimum atomic E-state index is 0.0552. The van der Waals surface area contributed by atoms with Crippen LogP contribution in [0, 0.1) is 0 Å². The maximum absolute atomic E-state index is 6.24. The van der Waals surface area contributed by atoms with Crippen LogP contribution in [0.15, 0.2) is 46.9 Å². The molecular weight excluding hydrogens is 348 g/mol. The van der Waals surface area contributed by atoms with Crippen LogP contribution in [0.25, 0.3) is 0 Å². The number of hydrogen-bond acceptors (Lipinski definition) is 1. The second kappa shape index (κ2) is 6.68. The topological polar surface area (TPSA) is 9.23 Å². The van der Waals surface area contributed by atoms with Crippen molar-refractivity contribution < 1.29 is 4.74 Å². The molecule has 0 radical (unpaired) electrons. The molecule has 0 fully saturated rings.